The minimum atomic E-state index is -0.966. The third-order valence-corrected chi connectivity index (χ3v) is 8.70. The molecule has 1 heterocycles. The highest BCUT2D eigenvalue weighted by molar-refractivity contribution is 7.96. The molecule has 1 aliphatic rings. The van der Waals surface area contributed by atoms with E-state index < -0.39 is 7.26 Å². The van der Waals surface area contributed by atoms with Crippen molar-refractivity contribution in [2.45, 2.75) is 33.4 Å². The Labute approximate surface area is 87.4 Å². The average molecular weight is 205 g/mol. The van der Waals surface area contributed by atoms with Crippen LogP contribution in [0.3, 0.4) is 0 Å². The summed E-state index contributed by atoms with van der Waals surface area (Å²) >= 11 is 0. The lowest BCUT2D eigenvalue weighted by Gasteiger charge is -2.15. The van der Waals surface area contributed by atoms with Crippen LogP contribution in [0, 0.1) is 0 Å². The second-order valence-corrected chi connectivity index (χ2v) is 8.66. The molecule has 14 heavy (non-hydrogen) atoms. The Hall–Kier alpha value is -0.610. The van der Waals surface area contributed by atoms with E-state index >= 15 is 0 Å². The Morgan fingerprint density at radius 1 is 0.929 bits per heavy atom. The zero-order chi connectivity index (χ0) is 10.3. The Bertz CT molecular complexity index is 361. The van der Waals surface area contributed by atoms with Gasteiger partial charge in [0.15, 0.2) is 0 Å². The first kappa shape index (κ1) is 9.93. The van der Waals surface area contributed by atoms with Gasteiger partial charge in [-0.05, 0) is 39.8 Å². The van der Waals surface area contributed by atoms with Crippen molar-refractivity contribution in [3.05, 3.63) is 41.0 Å². The second kappa shape index (κ2) is 3.21. The van der Waals surface area contributed by atoms with Crippen LogP contribution in [-0.4, -0.2) is 5.66 Å². The van der Waals surface area contributed by atoms with Gasteiger partial charge >= 0.3 is 0 Å². The molecule has 0 saturated heterocycles. The molecule has 0 saturated carbocycles. The lowest BCUT2D eigenvalue weighted by atomic mass is 10.4. The van der Waals surface area contributed by atoms with Gasteiger partial charge < -0.3 is 0 Å². The molecular weight excluding hydrogens is 187 g/mol. The van der Waals surface area contributed by atoms with Gasteiger partial charge in [-0.2, -0.15) is 0 Å². The van der Waals surface area contributed by atoms with Crippen LogP contribution in [0.1, 0.15) is 27.7 Å². The van der Waals surface area contributed by atoms with Gasteiger partial charge in [0.1, 0.15) is 23.2 Å². The molecule has 0 spiro atoms. The van der Waals surface area contributed by atoms with Crippen molar-refractivity contribution in [3.63, 3.8) is 0 Å². The summed E-state index contributed by atoms with van der Waals surface area (Å²) in [6.45, 7) is 9.35. The molecule has 74 valence electrons. The Morgan fingerprint density at radius 3 is 1.79 bits per heavy atom. The number of hydrogen-bond donors (Lipinski definition) is 0. The molecule has 0 atom stereocenters. The maximum Gasteiger partial charge on any atom is 0.117 e. The standard InChI is InChI=1S/C13H18P/c1-10(2)14(11(3)12(14)4)13-8-6-5-7-9-13/h5-10H,1-4H3/q+1. The van der Waals surface area contributed by atoms with Crippen LogP contribution < -0.4 is 5.30 Å². The summed E-state index contributed by atoms with van der Waals surface area (Å²) < 4.78 is 0. The van der Waals surface area contributed by atoms with Crippen LogP contribution in [0.15, 0.2) is 41.0 Å². The van der Waals surface area contributed by atoms with Gasteiger partial charge in [-0.15, -0.1) is 0 Å². The van der Waals surface area contributed by atoms with Crippen molar-refractivity contribution >= 4 is 12.6 Å². The number of allylic oxidation sites excluding steroid dienone is 2. The first-order valence-corrected chi connectivity index (χ1v) is 7.10. The molecule has 0 bridgehead atoms. The van der Waals surface area contributed by atoms with Crippen LogP contribution in [0.25, 0.3) is 0 Å². The van der Waals surface area contributed by atoms with E-state index in [4.69, 9.17) is 0 Å². The molecule has 1 aromatic rings. The van der Waals surface area contributed by atoms with Crippen molar-refractivity contribution in [3.8, 4) is 0 Å². The maximum absolute atomic E-state index is 2.36. The molecule has 0 unspecified atom stereocenters. The largest absolute Gasteiger partial charge is 0.117 e. The van der Waals surface area contributed by atoms with E-state index in [9.17, 15) is 0 Å². The highest BCUT2D eigenvalue weighted by Gasteiger charge is 2.62. The molecule has 1 aliphatic heterocycles. The van der Waals surface area contributed by atoms with E-state index in [1.54, 1.807) is 15.9 Å². The fraction of sp³-hybridized carbons (Fsp3) is 0.385. The summed E-state index contributed by atoms with van der Waals surface area (Å²) in [5.74, 6) is 0. The molecule has 0 radical (unpaired) electrons. The molecule has 0 aromatic heterocycles. The third-order valence-electron chi connectivity index (χ3n) is 3.47. The van der Waals surface area contributed by atoms with Gasteiger partial charge in [0.2, 0.25) is 0 Å². The fourth-order valence-corrected chi connectivity index (χ4v) is 7.56. The average Bonchev–Trinajstić information content (AvgIpc) is 2.72. The number of rotatable bonds is 2. The molecule has 0 fully saturated rings. The topological polar surface area (TPSA) is 0 Å². The fourth-order valence-electron chi connectivity index (χ4n) is 2.64. The molecule has 2 rings (SSSR count). The quantitative estimate of drug-likeness (QED) is 0.640. The summed E-state index contributed by atoms with van der Waals surface area (Å²) in [5, 5.41) is 4.93. The lowest BCUT2D eigenvalue weighted by Crippen LogP contribution is -2.10. The van der Waals surface area contributed by atoms with Crippen LogP contribution in [-0.2, 0) is 0 Å². The predicted molar refractivity (Wildman–Crippen MR) is 66.5 cm³/mol. The van der Waals surface area contributed by atoms with E-state index in [1.807, 2.05) is 0 Å². The molecule has 0 amide bonds. The molecule has 0 aliphatic carbocycles. The van der Waals surface area contributed by atoms with E-state index in [1.165, 1.54) is 0 Å². The first-order chi connectivity index (χ1) is 6.61. The summed E-state index contributed by atoms with van der Waals surface area (Å²) in [5.41, 5.74) is 0.782. The first-order valence-electron chi connectivity index (χ1n) is 5.24. The van der Waals surface area contributed by atoms with Crippen molar-refractivity contribution < 1.29 is 0 Å². The van der Waals surface area contributed by atoms with Crippen LogP contribution in [0.4, 0.5) is 0 Å². The smallest absolute Gasteiger partial charge is 0.0620 e. The Kier molecular flexibility index (Phi) is 2.27. The lowest BCUT2D eigenvalue weighted by molar-refractivity contribution is 1.09. The van der Waals surface area contributed by atoms with Crippen molar-refractivity contribution in [2.24, 2.45) is 0 Å². The van der Waals surface area contributed by atoms with Crippen molar-refractivity contribution in [1.82, 2.24) is 0 Å². The van der Waals surface area contributed by atoms with Gasteiger partial charge in [0.05, 0.1) is 5.66 Å². The normalized spacial score (nSPS) is 18.9. The van der Waals surface area contributed by atoms with Gasteiger partial charge in [-0.1, -0.05) is 18.2 Å². The van der Waals surface area contributed by atoms with Gasteiger partial charge in [0.25, 0.3) is 0 Å². The van der Waals surface area contributed by atoms with Crippen molar-refractivity contribution in [2.75, 3.05) is 0 Å². The molecule has 0 nitrogen and oxygen atoms in total. The highest BCUT2D eigenvalue weighted by atomic mass is 31.2. The Balaban J connectivity index is 2.43. The summed E-state index contributed by atoms with van der Waals surface area (Å²) in [6.07, 6.45) is 0. The van der Waals surface area contributed by atoms with Gasteiger partial charge in [-0.25, -0.2) is 0 Å². The molecule has 1 aromatic carbocycles. The van der Waals surface area contributed by atoms with Gasteiger partial charge in [-0.3, -0.25) is 0 Å². The van der Waals surface area contributed by atoms with E-state index in [2.05, 4.69) is 58.0 Å². The van der Waals surface area contributed by atoms with Crippen LogP contribution in [0.5, 0.6) is 0 Å². The summed E-state index contributed by atoms with van der Waals surface area (Å²) in [7, 11) is -0.966. The number of hydrogen-bond acceptors (Lipinski definition) is 0. The van der Waals surface area contributed by atoms with Gasteiger partial charge in [0, 0.05) is 0 Å². The maximum atomic E-state index is 2.36. The molecule has 0 N–H and O–H groups in total. The zero-order valence-electron chi connectivity index (χ0n) is 9.41. The monoisotopic (exact) mass is 205 g/mol. The molecular formula is C13H18P+. The zero-order valence-corrected chi connectivity index (χ0v) is 10.3. The minimum Gasteiger partial charge on any atom is -0.0620 e. The van der Waals surface area contributed by atoms with E-state index in [0.717, 1.165) is 5.66 Å². The highest BCUT2D eigenvalue weighted by Crippen LogP contribution is 2.87. The third kappa shape index (κ3) is 1.10. The number of benzene rings is 1. The van der Waals surface area contributed by atoms with E-state index in [-0.39, 0.29) is 0 Å². The molecule has 1 heteroatoms. The van der Waals surface area contributed by atoms with Crippen molar-refractivity contribution in [1.29, 1.82) is 0 Å². The predicted octanol–water partition coefficient (Wildman–Crippen LogP) is 4.00. The SMILES string of the molecule is CC1=C(C)[P+]1(c1ccccc1)C(C)C. The van der Waals surface area contributed by atoms with Crippen LogP contribution >= 0.6 is 7.26 Å². The minimum absolute atomic E-state index is 0.782. The second-order valence-electron chi connectivity index (χ2n) is 4.32. The van der Waals surface area contributed by atoms with Crippen LogP contribution in [0.2, 0.25) is 0 Å². The Morgan fingerprint density at radius 2 is 1.43 bits per heavy atom. The van der Waals surface area contributed by atoms with E-state index in [0.29, 0.717) is 0 Å². The summed E-state index contributed by atoms with van der Waals surface area (Å²) in [6, 6.07) is 11.0. The summed E-state index contributed by atoms with van der Waals surface area (Å²) in [4.78, 5) is 0.